The number of fused-ring (bicyclic) bond motifs is 3. The molecule has 0 spiro atoms. The van der Waals surface area contributed by atoms with E-state index >= 15 is 0 Å². The molecule has 132 valence electrons. The first-order valence-electron chi connectivity index (χ1n) is 8.63. The van der Waals surface area contributed by atoms with Gasteiger partial charge in [-0.1, -0.05) is 23.7 Å². The van der Waals surface area contributed by atoms with Gasteiger partial charge in [0.25, 0.3) is 5.78 Å². The van der Waals surface area contributed by atoms with Gasteiger partial charge >= 0.3 is 0 Å². The zero-order valence-corrected chi connectivity index (χ0v) is 15.0. The molecule has 5 rings (SSSR count). The van der Waals surface area contributed by atoms with Crippen LogP contribution in [0.25, 0.3) is 17.2 Å². The molecular weight excluding hydrogens is 362 g/mol. The minimum atomic E-state index is 0.0732. The highest BCUT2D eigenvalue weighted by molar-refractivity contribution is 6.30. The Morgan fingerprint density at radius 2 is 1.93 bits per heavy atom. The highest BCUT2D eigenvalue weighted by Crippen LogP contribution is 2.33. The van der Waals surface area contributed by atoms with Crippen LogP contribution < -0.4 is 0 Å². The zero-order valence-electron chi connectivity index (χ0n) is 14.2. The van der Waals surface area contributed by atoms with Crippen LogP contribution in [0, 0.1) is 0 Å². The van der Waals surface area contributed by atoms with E-state index in [9.17, 15) is 4.79 Å². The number of benzene rings is 1. The predicted octanol–water partition coefficient (Wildman–Crippen LogP) is 3.75. The topological polar surface area (TPSA) is 73.0 Å². The number of hydrogen-bond acceptors (Lipinski definition) is 5. The second-order valence-electron chi connectivity index (χ2n) is 6.59. The van der Waals surface area contributed by atoms with Gasteiger partial charge < -0.3 is 0 Å². The number of Topliss-reactive ketones (excluding diaryl/α,β-unsaturated/α-hetero) is 1. The lowest BCUT2D eigenvalue weighted by molar-refractivity contribution is 0.0962. The third-order valence-electron chi connectivity index (χ3n) is 4.90. The Morgan fingerprint density at radius 3 is 2.70 bits per heavy atom. The second-order valence-corrected chi connectivity index (χ2v) is 7.02. The normalized spacial score (nSPS) is 16.5. The van der Waals surface area contributed by atoms with Crippen LogP contribution in [0.5, 0.6) is 0 Å². The molecule has 1 aliphatic carbocycles. The van der Waals surface area contributed by atoms with Crippen LogP contribution in [0.1, 0.15) is 34.0 Å². The largest absolute Gasteiger partial charge is 0.294 e. The van der Waals surface area contributed by atoms with Crippen molar-refractivity contribution in [2.45, 2.75) is 18.8 Å². The summed E-state index contributed by atoms with van der Waals surface area (Å²) in [6.45, 7) is 0. The molecule has 0 saturated heterocycles. The van der Waals surface area contributed by atoms with Crippen LogP contribution in [0.2, 0.25) is 5.02 Å². The third kappa shape index (κ3) is 2.78. The Hall–Kier alpha value is -3.12. The fourth-order valence-electron chi connectivity index (χ4n) is 3.54. The summed E-state index contributed by atoms with van der Waals surface area (Å²) < 4.78 is 1.69. The molecule has 0 radical (unpaired) electrons. The molecule has 3 heterocycles. The maximum atomic E-state index is 12.7. The van der Waals surface area contributed by atoms with Gasteiger partial charge in [0.1, 0.15) is 0 Å². The molecule has 1 aliphatic rings. The Kier molecular flexibility index (Phi) is 3.72. The molecular formula is C20H14ClN5O. The number of ketones is 1. The molecule has 6 nitrogen and oxygen atoms in total. The summed E-state index contributed by atoms with van der Waals surface area (Å²) in [5.74, 6) is 1.19. The highest BCUT2D eigenvalue weighted by Gasteiger charge is 2.29. The first-order valence-corrected chi connectivity index (χ1v) is 9.00. The predicted molar refractivity (Wildman–Crippen MR) is 101 cm³/mol. The van der Waals surface area contributed by atoms with Gasteiger partial charge in [-0.2, -0.15) is 9.50 Å². The zero-order chi connectivity index (χ0) is 18.4. The molecule has 0 bridgehead atoms. The number of carbonyl (C=O) groups is 1. The lowest BCUT2D eigenvalue weighted by Gasteiger charge is -2.23. The van der Waals surface area contributed by atoms with Crippen LogP contribution in [-0.2, 0) is 6.42 Å². The summed E-state index contributed by atoms with van der Waals surface area (Å²) in [5.41, 5.74) is 3.37. The molecule has 1 aromatic carbocycles. The minimum absolute atomic E-state index is 0.0732. The smallest absolute Gasteiger partial charge is 0.252 e. The van der Waals surface area contributed by atoms with Crippen molar-refractivity contribution in [1.29, 1.82) is 0 Å². The maximum absolute atomic E-state index is 12.7. The van der Waals surface area contributed by atoms with Crippen molar-refractivity contribution >= 4 is 23.2 Å². The molecule has 1 unspecified atom stereocenters. The number of carbonyl (C=O) groups excluding carboxylic acids is 1. The fraction of sp³-hybridized carbons (Fsp3) is 0.150. The van der Waals surface area contributed by atoms with E-state index in [0.717, 1.165) is 16.8 Å². The third-order valence-corrected chi connectivity index (χ3v) is 5.15. The van der Waals surface area contributed by atoms with E-state index in [-0.39, 0.29) is 11.7 Å². The molecule has 1 atom stereocenters. The molecule has 0 fully saturated rings. The maximum Gasteiger partial charge on any atom is 0.252 e. The number of hydrogen-bond donors (Lipinski definition) is 0. The molecule has 27 heavy (non-hydrogen) atoms. The van der Waals surface area contributed by atoms with Gasteiger partial charge in [-0.05, 0) is 42.2 Å². The van der Waals surface area contributed by atoms with E-state index in [1.165, 1.54) is 0 Å². The van der Waals surface area contributed by atoms with Gasteiger partial charge in [-0.25, -0.2) is 4.98 Å². The number of aromatic nitrogens is 5. The van der Waals surface area contributed by atoms with Gasteiger partial charge in [-0.15, -0.1) is 5.10 Å². The van der Waals surface area contributed by atoms with E-state index in [4.69, 9.17) is 11.6 Å². The lowest BCUT2D eigenvalue weighted by atomic mass is 9.82. The SMILES string of the molecule is O=C1CC(c2ccc(Cl)cc2)Cc2c1cnc1nc(-c3cccnc3)nn21. The summed E-state index contributed by atoms with van der Waals surface area (Å²) in [4.78, 5) is 25.7. The van der Waals surface area contributed by atoms with Crippen molar-refractivity contribution in [1.82, 2.24) is 24.6 Å². The molecule has 0 N–H and O–H groups in total. The average Bonchev–Trinajstić information content (AvgIpc) is 3.14. The van der Waals surface area contributed by atoms with Gasteiger partial charge in [0.15, 0.2) is 11.6 Å². The van der Waals surface area contributed by atoms with Crippen LogP contribution >= 0.6 is 11.6 Å². The fourth-order valence-corrected chi connectivity index (χ4v) is 3.66. The summed E-state index contributed by atoms with van der Waals surface area (Å²) in [7, 11) is 0. The minimum Gasteiger partial charge on any atom is -0.294 e. The van der Waals surface area contributed by atoms with Gasteiger partial charge in [0.2, 0.25) is 0 Å². The molecule has 7 heteroatoms. The van der Waals surface area contributed by atoms with Crippen molar-refractivity contribution in [2.75, 3.05) is 0 Å². The second kappa shape index (κ2) is 6.25. The number of rotatable bonds is 2. The van der Waals surface area contributed by atoms with E-state index in [0.29, 0.717) is 35.0 Å². The quantitative estimate of drug-likeness (QED) is 0.533. The van der Waals surface area contributed by atoms with Crippen molar-refractivity contribution < 1.29 is 4.79 Å². The molecule has 0 amide bonds. The van der Waals surface area contributed by atoms with Crippen molar-refractivity contribution in [2.24, 2.45) is 0 Å². The molecule has 0 saturated carbocycles. The number of pyridine rings is 1. The number of halogens is 1. The molecule has 4 aromatic rings. The Balaban J connectivity index is 1.61. The monoisotopic (exact) mass is 375 g/mol. The first kappa shape index (κ1) is 16.1. The Bertz CT molecular complexity index is 1150. The molecule has 3 aromatic heterocycles. The first-order chi connectivity index (χ1) is 13.2. The van der Waals surface area contributed by atoms with Crippen LogP contribution in [0.4, 0.5) is 0 Å². The average molecular weight is 376 g/mol. The van der Waals surface area contributed by atoms with Crippen molar-refractivity contribution in [3.63, 3.8) is 0 Å². The number of nitrogens with zero attached hydrogens (tertiary/aromatic N) is 5. The van der Waals surface area contributed by atoms with Crippen molar-refractivity contribution in [3.05, 3.63) is 76.8 Å². The van der Waals surface area contributed by atoms with Gasteiger partial charge in [-0.3, -0.25) is 9.78 Å². The highest BCUT2D eigenvalue weighted by atomic mass is 35.5. The van der Waals surface area contributed by atoms with E-state index in [1.54, 1.807) is 23.1 Å². The van der Waals surface area contributed by atoms with E-state index < -0.39 is 0 Å². The standard InChI is InChI=1S/C20H14ClN5O/c21-15-5-3-12(4-6-15)14-8-17-16(18(27)9-14)11-23-20-24-19(25-26(17)20)13-2-1-7-22-10-13/h1-7,10-11,14H,8-9H2. The Labute approximate surface area is 159 Å². The van der Waals surface area contributed by atoms with Crippen LogP contribution in [0.15, 0.2) is 55.0 Å². The lowest BCUT2D eigenvalue weighted by Crippen LogP contribution is -2.22. The van der Waals surface area contributed by atoms with E-state index in [2.05, 4.69) is 20.1 Å². The summed E-state index contributed by atoms with van der Waals surface area (Å²) in [5, 5.41) is 5.29. The summed E-state index contributed by atoms with van der Waals surface area (Å²) in [6, 6.07) is 11.4. The Morgan fingerprint density at radius 1 is 1.07 bits per heavy atom. The van der Waals surface area contributed by atoms with Crippen LogP contribution in [-0.4, -0.2) is 30.3 Å². The van der Waals surface area contributed by atoms with Gasteiger partial charge in [0, 0.05) is 35.6 Å². The van der Waals surface area contributed by atoms with Crippen LogP contribution in [0.3, 0.4) is 0 Å². The van der Waals surface area contributed by atoms with Gasteiger partial charge in [0.05, 0.1) is 11.3 Å². The van der Waals surface area contributed by atoms with E-state index in [1.807, 2.05) is 36.4 Å². The molecule has 0 aliphatic heterocycles. The van der Waals surface area contributed by atoms with Crippen molar-refractivity contribution in [3.8, 4) is 11.4 Å². The summed E-state index contributed by atoms with van der Waals surface area (Å²) >= 11 is 6.00. The summed E-state index contributed by atoms with van der Waals surface area (Å²) in [6.07, 6.45) is 6.17.